The van der Waals surface area contributed by atoms with Crippen molar-refractivity contribution >= 4 is 15.8 Å². The molecule has 0 aliphatic carbocycles. The summed E-state index contributed by atoms with van der Waals surface area (Å²) in [5.41, 5.74) is 0. The fourth-order valence-corrected chi connectivity index (χ4v) is 3.67. The molecule has 5 nitrogen and oxygen atoms in total. The van der Waals surface area contributed by atoms with Gasteiger partial charge in [0.2, 0.25) is 10.0 Å². The Labute approximate surface area is 109 Å². The maximum atomic E-state index is 12.6. The van der Waals surface area contributed by atoms with Crippen LogP contribution in [0.3, 0.4) is 0 Å². The third-order valence-corrected chi connectivity index (χ3v) is 4.72. The molecule has 18 heavy (non-hydrogen) atoms. The Balaban J connectivity index is 3.26. The van der Waals surface area contributed by atoms with Crippen molar-refractivity contribution in [1.82, 2.24) is 9.29 Å². The average molecular weight is 271 g/mol. The molecule has 1 rings (SSSR count). The van der Waals surface area contributed by atoms with Gasteiger partial charge in [0, 0.05) is 25.8 Å². The summed E-state index contributed by atoms with van der Waals surface area (Å²) < 4.78 is 26.7. The normalized spacial score (nSPS) is 12.1. The van der Waals surface area contributed by atoms with E-state index in [0.29, 0.717) is 12.4 Å². The van der Waals surface area contributed by atoms with Crippen LogP contribution in [0.2, 0.25) is 0 Å². The van der Waals surface area contributed by atoms with E-state index in [2.05, 4.69) is 10.3 Å². The first-order valence-electron chi connectivity index (χ1n) is 6.09. The number of aromatic nitrogens is 1. The molecule has 0 atom stereocenters. The van der Waals surface area contributed by atoms with Crippen molar-refractivity contribution in [1.29, 1.82) is 0 Å². The highest BCUT2D eigenvalue weighted by Crippen LogP contribution is 2.23. The molecule has 1 aromatic heterocycles. The summed E-state index contributed by atoms with van der Waals surface area (Å²) in [6.45, 7) is 6.23. The highest BCUT2D eigenvalue weighted by molar-refractivity contribution is 7.89. The van der Waals surface area contributed by atoms with Gasteiger partial charge in [0.1, 0.15) is 10.7 Å². The predicted octanol–water partition coefficient (Wildman–Crippen LogP) is 1.93. The SMILES string of the molecule is CCCN(C(C)C)S(=O)(=O)c1cccnc1NC. The van der Waals surface area contributed by atoms with Crippen molar-refractivity contribution in [3.8, 4) is 0 Å². The quantitative estimate of drug-likeness (QED) is 0.859. The van der Waals surface area contributed by atoms with Crippen LogP contribution in [0.1, 0.15) is 27.2 Å². The highest BCUT2D eigenvalue weighted by Gasteiger charge is 2.28. The van der Waals surface area contributed by atoms with Crippen LogP contribution >= 0.6 is 0 Å². The van der Waals surface area contributed by atoms with Gasteiger partial charge in [-0.2, -0.15) is 4.31 Å². The summed E-state index contributed by atoms with van der Waals surface area (Å²) >= 11 is 0. The molecule has 0 spiro atoms. The molecule has 0 aliphatic rings. The van der Waals surface area contributed by atoms with Gasteiger partial charge in [-0.05, 0) is 32.4 Å². The smallest absolute Gasteiger partial charge is 0.246 e. The molecule has 0 fully saturated rings. The molecule has 1 aromatic rings. The molecule has 0 aliphatic heterocycles. The van der Waals surface area contributed by atoms with Crippen LogP contribution in [0, 0.1) is 0 Å². The van der Waals surface area contributed by atoms with Crippen LogP contribution in [0.15, 0.2) is 23.2 Å². The van der Waals surface area contributed by atoms with Crippen LogP contribution in [-0.4, -0.2) is 37.3 Å². The first-order valence-corrected chi connectivity index (χ1v) is 7.53. The van der Waals surface area contributed by atoms with E-state index in [1.165, 1.54) is 4.31 Å². The summed E-state index contributed by atoms with van der Waals surface area (Å²) in [5.74, 6) is 0.388. The summed E-state index contributed by atoms with van der Waals surface area (Å²) in [5, 5.41) is 2.82. The van der Waals surface area contributed by atoms with Crippen LogP contribution in [0.4, 0.5) is 5.82 Å². The number of sulfonamides is 1. The third-order valence-electron chi connectivity index (χ3n) is 2.61. The van der Waals surface area contributed by atoms with Crippen molar-refractivity contribution in [2.45, 2.75) is 38.1 Å². The first kappa shape index (κ1) is 14.9. The van der Waals surface area contributed by atoms with Gasteiger partial charge in [-0.25, -0.2) is 13.4 Å². The molecule has 1 heterocycles. The average Bonchev–Trinajstić information content (AvgIpc) is 2.35. The minimum absolute atomic E-state index is 0.0696. The number of nitrogens with one attached hydrogen (secondary N) is 1. The van der Waals surface area contributed by atoms with Gasteiger partial charge < -0.3 is 5.32 Å². The molecule has 0 unspecified atom stereocenters. The lowest BCUT2D eigenvalue weighted by Gasteiger charge is -2.26. The number of hydrogen-bond acceptors (Lipinski definition) is 4. The fraction of sp³-hybridized carbons (Fsp3) is 0.583. The number of hydrogen-bond donors (Lipinski definition) is 1. The maximum Gasteiger partial charge on any atom is 0.246 e. The number of anilines is 1. The van der Waals surface area contributed by atoms with E-state index in [4.69, 9.17) is 0 Å². The summed E-state index contributed by atoms with van der Waals surface area (Å²) in [6.07, 6.45) is 2.36. The second kappa shape index (κ2) is 6.15. The Hall–Kier alpha value is -1.14. The molecular formula is C12H21N3O2S. The van der Waals surface area contributed by atoms with E-state index in [9.17, 15) is 8.42 Å². The van der Waals surface area contributed by atoms with Gasteiger partial charge >= 0.3 is 0 Å². The molecule has 0 saturated carbocycles. The lowest BCUT2D eigenvalue weighted by atomic mass is 10.4. The summed E-state index contributed by atoms with van der Waals surface area (Å²) in [7, 11) is -1.83. The van der Waals surface area contributed by atoms with E-state index < -0.39 is 10.0 Å². The van der Waals surface area contributed by atoms with Crippen molar-refractivity contribution in [3.63, 3.8) is 0 Å². The lowest BCUT2D eigenvalue weighted by molar-refractivity contribution is 0.354. The largest absolute Gasteiger partial charge is 0.372 e. The zero-order chi connectivity index (χ0) is 13.8. The number of nitrogens with zero attached hydrogens (tertiary/aromatic N) is 2. The van der Waals surface area contributed by atoms with Crippen LogP contribution in [0.5, 0.6) is 0 Å². The van der Waals surface area contributed by atoms with E-state index in [-0.39, 0.29) is 10.9 Å². The van der Waals surface area contributed by atoms with Crippen molar-refractivity contribution in [2.24, 2.45) is 0 Å². The molecule has 0 radical (unpaired) electrons. The van der Waals surface area contributed by atoms with Crippen LogP contribution in [0.25, 0.3) is 0 Å². The van der Waals surface area contributed by atoms with Crippen LogP contribution < -0.4 is 5.32 Å². The Bertz CT molecular complexity index is 486. The first-order chi connectivity index (χ1) is 8.45. The molecule has 102 valence electrons. The van der Waals surface area contributed by atoms with E-state index in [1.807, 2.05) is 20.8 Å². The molecule has 0 aromatic carbocycles. The minimum Gasteiger partial charge on any atom is -0.372 e. The van der Waals surface area contributed by atoms with Gasteiger partial charge in [0.15, 0.2) is 0 Å². The fourth-order valence-electron chi connectivity index (χ4n) is 1.79. The van der Waals surface area contributed by atoms with Gasteiger partial charge in [-0.15, -0.1) is 0 Å². The zero-order valence-corrected chi connectivity index (χ0v) is 12.2. The van der Waals surface area contributed by atoms with Crippen molar-refractivity contribution < 1.29 is 8.42 Å². The highest BCUT2D eigenvalue weighted by atomic mass is 32.2. The number of rotatable bonds is 6. The maximum absolute atomic E-state index is 12.6. The minimum atomic E-state index is -3.50. The Morgan fingerprint density at radius 2 is 2.11 bits per heavy atom. The van der Waals surface area contributed by atoms with Gasteiger partial charge in [0.25, 0.3) is 0 Å². The standard InChI is InChI=1S/C12H21N3O2S/c1-5-9-15(10(2)3)18(16,17)11-7-6-8-14-12(11)13-4/h6-8,10H,5,9H2,1-4H3,(H,13,14). The third kappa shape index (κ3) is 3.00. The van der Waals surface area contributed by atoms with E-state index in [1.54, 1.807) is 25.4 Å². The monoisotopic (exact) mass is 271 g/mol. The predicted molar refractivity (Wildman–Crippen MR) is 73.1 cm³/mol. The molecule has 0 bridgehead atoms. The van der Waals surface area contributed by atoms with E-state index >= 15 is 0 Å². The van der Waals surface area contributed by atoms with Gasteiger partial charge in [-0.3, -0.25) is 0 Å². The Morgan fingerprint density at radius 1 is 1.44 bits per heavy atom. The van der Waals surface area contributed by atoms with Gasteiger partial charge in [-0.1, -0.05) is 6.92 Å². The zero-order valence-electron chi connectivity index (χ0n) is 11.3. The molecule has 0 saturated heterocycles. The molecular weight excluding hydrogens is 250 g/mol. The van der Waals surface area contributed by atoms with Crippen molar-refractivity contribution in [2.75, 3.05) is 18.9 Å². The van der Waals surface area contributed by atoms with Gasteiger partial charge in [0.05, 0.1) is 0 Å². The Morgan fingerprint density at radius 3 is 2.61 bits per heavy atom. The summed E-state index contributed by atoms with van der Waals surface area (Å²) in [6, 6.07) is 3.15. The van der Waals surface area contributed by atoms with E-state index in [0.717, 1.165) is 6.42 Å². The van der Waals surface area contributed by atoms with Crippen LogP contribution in [-0.2, 0) is 10.0 Å². The second-order valence-electron chi connectivity index (χ2n) is 4.31. The number of pyridine rings is 1. The lowest BCUT2D eigenvalue weighted by Crippen LogP contribution is -2.37. The molecule has 0 amide bonds. The topological polar surface area (TPSA) is 62.3 Å². The van der Waals surface area contributed by atoms with Crippen molar-refractivity contribution in [3.05, 3.63) is 18.3 Å². The summed E-state index contributed by atoms with van der Waals surface area (Å²) in [4.78, 5) is 4.28. The molecule has 6 heteroatoms. The second-order valence-corrected chi connectivity index (χ2v) is 6.17. The molecule has 1 N–H and O–H groups in total. The Kier molecular flexibility index (Phi) is 5.10.